The van der Waals surface area contributed by atoms with Gasteiger partial charge in [-0.3, -0.25) is 14.4 Å². The second-order valence-electron chi connectivity index (χ2n) is 8.41. The third-order valence-corrected chi connectivity index (χ3v) is 6.88. The quantitative estimate of drug-likeness (QED) is 0.583. The fraction of sp³-hybridized carbons (Fsp3) is 0.348. The van der Waals surface area contributed by atoms with Crippen molar-refractivity contribution in [1.29, 1.82) is 0 Å². The van der Waals surface area contributed by atoms with E-state index in [-0.39, 0.29) is 29.6 Å². The molecule has 1 heterocycles. The number of ketones is 1. The summed E-state index contributed by atoms with van der Waals surface area (Å²) in [6.07, 6.45) is -3.50. The van der Waals surface area contributed by atoms with Gasteiger partial charge in [-0.1, -0.05) is 11.6 Å². The lowest BCUT2D eigenvalue weighted by molar-refractivity contribution is -0.143. The fourth-order valence-electron chi connectivity index (χ4n) is 5.26. The summed E-state index contributed by atoms with van der Waals surface area (Å²) >= 11 is 5.81. The van der Waals surface area contributed by atoms with Crippen LogP contribution < -0.4 is 9.64 Å². The minimum absolute atomic E-state index is 0.0757. The number of anilines is 1. The van der Waals surface area contributed by atoms with Gasteiger partial charge in [0.2, 0.25) is 11.8 Å². The number of carbonyl (C=O) groups excluding carboxylic acids is 3. The molecule has 32 heavy (non-hydrogen) atoms. The molecule has 0 N–H and O–H groups in total. The summed E-state index contributed by atoms with van der Waals surface area (Å²) in [5, 5.41) is 0.448. The maximum Gasteiger partial charge on any atom is 0.418 e. The molecule has 9 heteroatoms. The Bertz CT molecular complexity index is 1130. The first kappa shape index (κ1) is 21.0. The second kappa shape index (κ2) is 7.33. The van der Waals surface area contributed by atoms with E-state index in [0.29, 0.717) is 22.8 Å². The molecule has 4 aliphatic rings. The number of Topliss-reactive ketones (excluding diaryl/α,β-unsaturated/α-hetero) is 1. The average molecular weight is 464 g/mol. The minimum Gasteiger partial charge on any atom is -0.457 e. The number of fused-ring (bicyclic) bond motifs is 2. The van der Waals surface area contributed by atoms with E-state index in [9.17, 15) is 27.6 Å². The van der Waals surface area contributed by atoms with E-state index in [1.807, 2.05) is 0 Å². The number of ether oxygens (including phenoxy) is 1. The number of hydrogen-bond acceptors (Lipinski definition) is 4. The lowest BCUT2D eigenvalue weighted by atomic mass is 9.59. The van der Waals surface area contributed by atoms with Crippen LogP contribution in [0.2, 0.25) is 5.02 Å². The lowest BCUT2D eigenvalue weighted by Gasteiger charge is -2.41. The predicted molar refractivity (Wildman–Crippen MR) is 108 cm³/mol. The summed E-state index contributed by atoms with van der Waals surface area (Å²) in [5.74, 6) is -3.75. The van der Waals surface area contributed by atoms with Crippen molar-refractivity contribution in [3.8, 4) is 11.5 Å². The van der Waals surface area contributed by atoms with Crippen LogP contribution in [-0.4, -0.2) is 17.6 Å². The van der Waals surface area contributed by atoms with Crippen molar-refractivity contribution >= 4 is 34.9 Å². The highest BCUT2D eigenvalue weighted by Gasteiger charge is 2.61. The molecule has 0 radical (unpaired) electrons. The number of benzene rings is 2. The van der Waals surface area contributed by atoms with Gasteiger partial charge in [0.05, 0.1) is 23.1 Å². The molecule has 166 valence electrons. The largest absolute Gasteiger partial charge is 0.457 e. The van der Waals surface area contributed by atoms with E-state index in [4.69, 9.17) is 16.3 Å². The van der Waals surface area contributed by atoms with E-state index >= 15 is 0 Å². The molecule has 5 nitrogen and oxygen atoms in total. The van der Waals surface area contributed by atoms with Crippen LogP contribution in [0, 0.1) is 23.7 Å². The average Bonchev–Trinajstić information content (AvgIpc) is 3.02. The van der Waals surface area contributed by atoms with Crippen molar-refractivity contribution in [2.24, 2.45) is 23.7 Å². The smallest absolute Gasteiger partial charge is 0.418 e. The Kier molecular flexibility index (Phi) is 4.81. The van der Waals surface area contributed by atoms with Gasteiger partial charge in [-0.2, -0.15) is 13.2 Å². The highest BCUT2D eigenvalue weighted by molar-refractivity contribution is 6.30. The van der Waals surface area contributed by atoms with Gasteiger partial charge in [0.25, 0.3) is 0 Å². The van der Waals surface area contributed by atoms with Crippen molar-refractivity contribution in [1.82, 2.24) is 0 Å². The van der Waals surface area contributed by atoms with E-state index in [1.54, 1.807) is 0 Å². The molecule has 2 aromatic carbocycles. The Hall–Kier alpha value is -2.87. The number of imide groups is 1. The number of alkyl halides is 3. The minimum atomic E-state index is -4.84. The normalized spacial score (nSPS) is 27.1. The molecule has 6 rings (SSSR count). The van der Waals surface area contributed by atoms with Crippen molar-refractivity contribution in [2.75, 3.05) is 4.90 Å². The number of hydrogen-bond donors (Lipinski definition) is 0. The molecule has 3 aliphatic carbocycles. The van der Waals surface area contributed by atoms with Crippen LogP contribution in [0.15, 0.2) is 42.5 Å². The number of carbonyl (C=O) groups is 3. The molecule has 1 saturated heterocycles. The first-order valence-electron chi connectivity index (χ1n) is 10.2. The standard InChI is InChI=1S/C23H17ClF3NO4/c24-12-2-4-13(5-3-12)32-14-6-8-17(16(10-14)23(25,26)27)28-21(30)19-11-1-7-15(18(29)9-11)20(19)22(28)31/h2-6,8,10-11,15,19-20H,1,7,9H2. The van der Waals surface area contributed by atoms with Gasteiger partial charge in [0.15, 0.2) is 0 Å². The van der Waals surface area contributed by atoms with Crippen LogP contribution in [0.4, 0.5) is 18.9 Å². The highest BCUT2D eigenvalue weighted by atomic mass is 35.5. The predicted octanol–water partition coefficient (Wildman–Crippen LogP) is 5.26. The van der Waals surface area contributed by atoms with Gasteiger partial charge in [0.1, 0.15) is 17.3 Å². The molecule has 4 unspecified atom stereocenters. The Labute approximate surface area is 186 Å². The van der Waals surface area contributed by atoms with E-state index in [1.165, 1.54) is 30.3 Å². The Morgan fingerprint density at radius 2 is 1.56 bits per heavy atom. The number of halogens is 4. The van der Waals surface area contributed by atoms with E-state index in [2.05, 4.69) is 0 Å². The first-order chi connectivity index (χ1) is 15.1. The van der Waals surface area contributed by atoms with E-state index in [0.717, 1.165) is 12.1 Å². The summed E-state index contributed by atoms with van der Waals surface area (Å²) in [6.45, 7) is 0. The van der Waals surface area contributed by atoms with E-state index < -0.39 is 47.0 Å². The maximum absolute atomic E-state index is 13.9. The third kappa shape index (κ3) is 3.28. The molecule has 4 atom stereocenters. The third-order valence-electron chi connectivity index (χ3n) is 6.63. The molecule has 4 fully saturated rings. The SMILES string of the molecule is O=C1CC2CCC1C1C(=O)N(c3ccc(Oc4ccc(Cl)cc4)cc3C(F)(F)F)C(=O)C21. The molecule has 0 spiro atoms. The number of amides is 2. The molecule has 3 saturated carbocycles. The zero-order chi connectivity index (χ0) is 22.8. The molecule has 2 aromatic rings. The zero-order valence-electron chi connectivity index (χ0n) is 16.6. The van der Waals surface area contributed by atoms with Crippen molar-refractivity contribution in [2.45, 2.75) is 25.4 Å². The second-order valence-corrected chi connectivity index (χ2v) is 8.85. The Balaban J connectivity index is 1.53. The van der Waals surface area contributed by atoms with Gasteiger partial charge in [-0.05, 0) is 61.2 Å². The maximum atomic E-state index is 13.9. The summed E-state index contributed by atoms with van der Waals surface area (Å²) in [7, 11) is 0. The Morgan fingerprint density at radius 3 is 2.22 bits per heavy atom. The van der Waals surface area contributed by atoms with Gasteiger partial charge in [0, 0.05) is 17.4 Å². The number of rotatable bonds is 3. The molecular formula is C23H17ClF3NO4. The molecule has 2 bridgehead atoms. The van der Waals surface area contributed by atoms with Crippen LogP contribution in [-0.2, 0) is 20.6 Å². The molecule has 1 aliphatic heterocycles. The molecule has 0 aromatic heterocycles. The van der Waals surface area contributed by atoms with Crippen molar-refractivity contribution in [3.63, 3.8) is 0 Å². The summed E-state index contributed by atoms with van der Waals surface area (Å²) < 4.78 is 47.3. The zero-order valence-corrected chi connectivity index (χ0v) is 17.3. The summed E-state index contributed by atoms with van der Waals surface area (Å²) in [5.41, 5.74) is -1.68. The van der Waals surface area contributed by atoms with Gasteiger partial charge in [-0.25, -0.2) is 4.90 Å². The first-order valence-corrected chi connectivity index (χ1v) is 10.6. The molecular weight excluding hydrogens is 447 g/mol. The van der Waals surface area contributed by atoms with Crippen LogP contribution in [0.3, 0.4) is 0 Å². The number of nitrogens with zero attached hydrogens (tertiary/aromatic N) is 1. The monoisotopic (exact) mass is 463 g/mol. The topological polar surface area (TPSA) is 63.7 Å². The van der Waals surface area contributed by atoms with Crippen molar-refractivity contribution < 1.29 is 32.3 Å². The Morgan fingerprint density at radius 1 is 0.906 bits per heavy atom. The summed E-state index contributed by atoms with van der Waals surface area (Å²) in [6, 6.07) is 9.21. The van der Waals surface area contributed by atoms with Gasteiger partial charge in [-0.15, -0.1) is 0 Å². The van der Waals surface area contributed by atoms with Crippen LogP contribution >= 0.6 is 11.6 Å². The van der Waals surface area contributed by atoms with Crippen LogP contribution in [0.5, 0.6) is 11.5 Å². The lowest BCUT2D eigenvalue weighted by Crippen LogP contribution is -2.46. The van der Waals surface area contributed by atoms with Crippen LogP contribution in [0.1, 0.15) is 24.8 Å². The van der Waals surface area contributed by atoms with Gasteiger partial charge < -0.3 is 4.74 Å². The molecule has 2 amide bonds. The van der Waals surface area contributed by atoms with Gasteiger partial charge >= 0.3 is 6.18 Å². The summed E-state index contributed by atoms with van der Waals surface area (Å²) in [4.78, 5) is 39.1. The highest BCUT2D eigenvalue weighted by Crippen LogP contribution is 2.53. The van der Waals surface area contributed by atoms with Crippen LogP contribution in [0.25, 0.3) is 0 Å². The van der Waals surface area contributed by atoms with Crippen molar-refractivity contribution in [3.05, 3.63) is 53.1 Å². The fourth-order valence-corrected chi connectivity index (χ4v) is 5.39.